The molecule has 1 saturated heterocycles. The van der Waals surface area contributed by atoms with Gasteiger partial charge in [-0.1, -0.05) is 13.8 Å². The molecule has 0 spiro atoms. The Balaban J connectivity index is 2.13. The standard InChI is InChI=1S/C19H28N2O6S/c1-13(2)14(3)20-18(22)12-27-19(23)15-7-8-16(26-4)17(11-15)28(24,25)21-9-5-6-10-21/h7-8,11,13-14H,5-6,9-10,12H2,1-4H3,(H,20,22)/t14-/m1/s1. The van der Waals surface area contributed by atoms with Gasteiger partial charge < -0.3 is 14.8 Å². The summed E-state index contributed by atoms with van der Waals surface area (Å²) in [6, 6.07) is 4.02. The number of carbonyl (C=O) groups excluding carboxylic acids is 2. The van der Waals surface area contributed by atoms with Crippen molar-refractivity contribution < 1.29 is 27.5 Å². The van der Waals surface area contributed by atoms with Crippen molar-refractivity contribution in [1.29, 1.82) is 0 Å². The molecule has 9 heteroatoms. The number of esters is 1. The van der Waals surface area contributed by atoms with Crippen LogP contribution in [0.15, 0.2) is 23.1 Å². The van der Waals surface area contributed by atoms with E-state index in [-0.39, 0.29) is 28.2 Å². The lowest BCUT2D eigenvalue weighted by Crippen LogP contribution is -2.38. The van der Waals surface area contributed by atoms with Gasteiger partial charge in [0.1, 0.15) is 10.6 Å². The van der Waals surface area contributed by atoms with Gasteiger partial charge in [-0.25, -0.2) is 13.2 Å². The number of amides is 1. The van der Waals surface area contributed by atoms with Gasteiger partial charge in [0.05, 0.1) is 12.7 Å². The summed E-state index contributed by atoms with van der Waals surface area (Å²) in [5, 5.41) is 2.74. The lowest BCUT2D eigenvalue weighted by Gasteiger charge is -2.18. The van der Waals surface area contributed by atoms with Crippen LogP contribution in [0.25, 0.3) is 0 Å². The molecule has 0 unspecified atom stereocenters. The molecule has 28 heavy (non-hydrogen) atoms. The maximum Gasteiger partial charge on any atom is 0.338 e. The Morgan fingerprint density at radius 2 is 1.82 bits per heavy atom. The van der Waals surface area contributed by atoms with E-state index in [0.717, 1.165) is 12.8 Å². The molecule has 2 rings (SSSR count). The first-order chi connectivity index (χ1) is 13.2. The summed E-state index contributed by atoms with van der Waals surface area (Å²) >= 11 is 0. The lowest BCUT2D eigenvalue weighted by atomic mass is 10.1. The number of nitrogens with zero attached hydrogens (tertiary/aromatic N) is 1. The number of hydrogen-bond acceptors (Lipinski definition) is 6. The van der Waals surface area contributed by atoms with Crippen LogP contribution in [0.3, 0.4) is 0 Å². The van der Waals surface area contributed by atoms with Crippen molar-refractivity contribution in [3.63, 3.8) is 0 Å². The molecule has 1 N–H and O–H groups in total. The average molecular weight is 413 g/mol. The molecular weight excluding hydrogens is 384 g/mol. The number of ether oxygens (including phenoxy) is 2. The predicted molar refractivity (Wildman–Crippen MR) is 104 cm³/mol. The molecule has 1 aromatic carbocycles. The SMILES string of the molecule is COc1ccc(C(=O)OCC(=O)N[C@H](C)C(C)C)cc1S(=O)(=O)N1CCCC1. The summed E-state index contributed by atoms with van der Waals surface area (Å²) in [4.78, 5) is 24.1. The van der Waals surface area contributed by atoms with Crippen molar-refractivity contribution >= 4 is 21.9 Å². The fraction of sp³-hybridized carbons (Fsp3) is 0.579. The molecule has 0 bridgehead atoms. The highest BCUT2D eigenvalue weighted by Crippen LogP contribution is 2.30. The molecular formula is C19H28N2O6S. The van der Waals surface area contributed by atoms with Gasteiger partial charge in [-0.15, -0.1) is 0 Å². The number of sulfonamides is 1. The van der Waals surface area contributed by atoms with Crippen LogP contribution in [0.5, 0.6) is 5.75 Å². The molecule has 8 nitrogen and oxygen atoms in total. The van der Waals surface area contributed by atoms with Crippen LogP contribution in [-0.2, 0) is 19.6 Å². The van der Waals surface area contributed by atoms with Crippen molar-refractivity contribution in [2.45, 2.75) is 44.6 Å². The Morgan fingerprint density at radius 1 is 1.18 bits per heavy atom. The van der Waals surface area contributed by atoms with E-state index in [1.807, 2.05) is 20.8 Å². The van der Waals surface area contributed by atoms with Crippen LogP contribution in [-0.4, -0.2) is 57.4 Å². The smallest absolute Gasteiger partial charge is 0.338 e. The maximum atomic E-state index is 12.9. The quantitative estimate of drug-likeness (QED) is 0.653. The van der Waals surface area contributed by atoms with Gasteiger partial charge in [0, 0.05) is 19.1 Å². The molecule has 0 aromatic heterocycles. The van der Waals surface area contributed by atoms with Crippen molar-refractivity contribution in [3.8, 4) is 5.75 Å². The summed E-state index contributed by atoms with van der Waals surface area (Å²) in [7, 11) is -2.40. The molecule has 1 fully saturated rings. The number of carbonyl (C=O) groups is 2. The second-order valence-corrected chi connectivity index (χ2v) is 9.06. The first-order valence-corrected chi connectivity index (χ1v) is 10.8. The molecule has 1 atom stereocenters. The van der Waals surface area contributed by atoms with Crippen molar-refractivity contribution in [1.82, 2.24) is 9.62 Å². The van der Waals surface area contributed by atoms with E-state index in [2.05, 4.69) is 5.32 Å². The Labute approximate surface area is 166 Å². The van der Waals surface area contributed by atoms with E-state index < -0.39 is 28.5 Å². The van der Waals surface area contributed by atoms with E-state index in [0.29, 0.717) is 13.1 Å². The number of methoxy groups -OCH3 is 1. The summed E-state index contributed by atoms with van der Waals surface area (Å²) in [5.74, 6) is -0.771. The largest absolute Gasteiger partial charge is 0.495 e. The highest BCUT2D eigenvalue weighted by molar-refractivity contribution is 7.89. The highest BCUT2D eigenvalue weighted by Gasteiger charge is 2.31. The van der Waals surface area contributed by atoms with Gasteiger partial charge in [0.15, 0.2) is 6.61 Å². The first kappa shape index (κ1) is 22.2. The van der Waals surface area contributed by atoms with E-state index in [1.54, 1.807) is 0 Å². The molecule has 1 heterocycles. The van der Waals surface area contributed by atoms with Crippen molar-refractivity contribution in [2.75, 3.05) is 26.8 Å². The van der Waals surface area contributed by atoms with Crippen LogP contribution in [0, 0.1) is 5.92 Å². The number of rotatable bonds is 8. The minimum Gasteiger partial charge on any atom is -0.495 e. The Bertz CT molecular complexity index is 816. The number of hydrogen-bond donors (Lipinski definition) is 1. The molecule has 1 aliphatic heterocycles. The van der Waals surface area contributed by atoms with Crippen molar-refractivity contribution in [2.24, 2.45) is 5.92 Å². The topological polar surface area (TPSA) is 102 Å². The summed E-state index contributed by atoms with van der Waals surface area (Å²) in [5.41, 5.74) is 0.0447. The highest BCUT2D eigenvalue weighted by atomic mass is 32.2. The van der Waals surface area contributed by atoms with Crippen LogP contribution >= 0.6 is 0 Å². The maximum absolute atomic E-state index is 12.9. The van der Waals surface area contributed by atoms with Gasteiger partial charge in [-0.2, -0.15) is 4.31 Å². The summed E-state index contributed by atoms with van der Waals surface area (Å²) in [6.45, 7) is 6.25. The summed E-state index contributed by atoms with van der Waals surface area (Å²) in [6.07, 6.45) is 1.60. The van der Waals surface area contributed by atoms with Gasteiger partial charge in [-0.05, 0) is 43.9 Å². The van der Waals surface area contributed by atoms with E-state index in [4.69, 9.17) is 9.47 Å². The number of nitrogens with one attached hydrogen (secondary N) is 1. The fourth-order valence-corrected chi connectivity index (χ4v) is 4.45. The molecule has 1 amide bonds. The third-order valence-electron chi connectivity index (χ3n) is 4.81. The minimum absolute atomic E-state index is 0.0447. The van der Waals surface area contributed by atoms with E-state index >= 15 is 0 Å². The van der Waals surface area contributed by atoms with Crippen LogP contribution in [0.1, 0.15) is 44.0 Å². The van der Waals surface area contributed by atoms with Crippen molar-refractivity contribution in [3.05, 3.63) is 23.8 Å². The Morgan fingerprint density at radius 3 is 2.39 bits per heavy atom. The van der Waals surface area contributed by atoms with Gasteiger partial charge in [0.2, 0.25) is 10.0 Å². The lowest BCUT2D eigenvalue weighted by molar-refractivity contribution is -0.125. The van der Waals surface area contributed by atoms with Gasteiger partial charge >= 0.3 is 5.97 Å². The summed E-state index contributed by atoms with van der Waals surface area (Å²) < 4.78 is 37.3. The second-order valence-electron chi connectivity index (χ2n) is 7.15. The van der Waals surface area contributed by atoms with Crippen LogP contribution in [0.2, 0.25) is 0 Å². The third kappa shape index (κ3) is 5.23. The number of benzene rings is 1. The monoisotopic (exact) mass is 412 g/mol. The van der Waals surface area contributed by atoms with E-state index in [1.165, 1.54) is 29.6 Å². The average Bonchev–Trinajstić information content (AvgIpc) is 3.21. The fourth-order valence-electron chi connectivity index (χ4n) is 2.75. The van der Waals surface area contributed by atoms with Gasteiger partial charge in [-0.3, -0.25) is 4.79 Å². The zero-order valence-electron chi connectivity index (χ0n) is 16.7. The Kier molecular flexibility index (Phi) is 7.42. The van der Waals surface area contributed by atoms with E-state index in [9.17, 15) is 18.0 Å². The molecule has 0 aliphatic carbocycles. The zero-order chi connectivity index (χ0) is 20.9. The van der Waals surface area contributed by atoms with Gasteiger partial charge in [0.25, 0.3) is 5.91 Å². The minimum atomic E-state index is -3.77. The molecule has 0 radical (unpaired) electrons. The first-order valence-electron chi connectivity index (χ1n) is 9.31. The predicted octanol–water partition coefficient (Wildman–Crippen LogP) is 1.80. The molecule has 0 saturated carbocycles. The Hall–Kier alpha value is -2.13. The zero-order valence-corrected chi connectivity index (χ0v) is 17.5. The third-order valence-corrected chi connectivity index (χ3v) is 6.73. The second kappa shape index (κ2) is 9.38. The molecule has 156 valence electrons. The molecule has 1 aliphatic rings. The normalized spacial score (nSPS) is 16.0. The molecule has 1 aromatic rings. The van der Waals surface area contributed by atoms with Crippen LogP contribution < -0.4 is 10.1 Å². The van der Waals surface area contributed by atoms with Crippen LogP contribution in [0.4, 0.5) is 0 Å².